The van der Waals surface area contributed by atoms with Crippen molar-refractivity contribution < 1.29 is 23.5 Å². The van der Waals surface area contributed by atoms with Crippen molar-refractivity contribution in [2.24, 2.45) is 5.92 Å². The van der Waals surface area contributed by atoms with Crippen molar-refractivity contribution in [3.63, 3.8) is 0 Å². The minimum atomic E-state index is -0.690. The monoisotopic (exact) mass is 611 g/mol. The number of carbonyl (C=O) groups excluding carboxylic acids is 2. The summed E-state index contributed by atoms with van der Waals surface area (Å²) in [7, 11) is 0. The van der Waals surface area contributed by atoms with Crippen molar-refractivity contribution in [1.29, 1.82) is 0 Å². The summed E-state index contributed by atoms with van der Waals surface area (Å²) < 4.78 is 25.4. The summed E-state index contributed by atoms with van der Waals surface area (Å²) in [6.45, 7) is 8.67. The largest absolute Gasteiger partial charge is 0.447 e. The summed E-state index contributed by atoms with van der Waals surface area (Å²) in [5.74, 6) is -0.924. The summed E-state index contributed by atoms with van der Waals surface area (Å²) in [5.41, 5.74) is 4.27. The summed E-state index contributed by atoms with van der Waals surface area (Å²) >= 11 is 5.72. The minimum absolute atomic E-state index is 0.0592. The lowest BCUT2D eigenvalue weighted by atomic mass is 10.0. The topological polar surface area (TPSA) is 121 Å². The molecule has 2 atom stereocenters. The molecular formula is C30H35ClFN7O4. The van der Waals surface area contributed by atoms with Crippen LogP contribution in [0.3, 0.4) is 0 Å². The molecule has 0 spiro atoms. The molecule has 0 radical (unpaired) electrons. The number of rotatable bonds is 10. The predicted molar refractivity (Wildman–Crippen MR) is 165 cm³/mol. The van der Waals surface area contributed by atoms with E-state index < -0.39 is 11.9 Å². The van der Waals surface area contributed by atoms with Crippen LogP contribution in [0.5, 0.6) is 0 Å². The van der Waals surface area contributed by atoms with E-state index in [-0.39, 0.29) is 48.2 Å². The number of carbonyl (C=O) groups is 2. The fourth-order valence-corrected chi connectivity index (χ4v) is 5.10. The van der Waals surface area contributed by atoms with Gasteiger partial charge in [0, 0.05) is 24.5 Å². The van der Waals surface area contributed by atoms with Gasteiger partial charge in [-0.3, -0.25) is 9.69 Å². The average molecular weight is 612 g/mol. The maximum absolute atomic E-state index is 14.7. The number of aromatic nitrogens is 2. The van der Waals surface area contributed by atoms with E-state index in [1.165, 1.54) is 4.90 Å². The minimum Gasteiger partial charge on any atom is -0.447 e. The number of cyclic esters (lactones) is 1. The Hall–Kier alpha value is -4.16. The number of alkyl halides is 1. The van der Waals surface area contributed by atoms with Gasteiger partial charge in [0.15, 0.2) is 11.6 Å². The van der Waals surface area contributed by atoms with Gasteiger partial charge in [0.1, 0.15) is 12.5 Å². The molecule has 0 saturated carbocycles. The van der Waals surface area contributed by atoms with Crippen LogP contribution in [0, 0.1) is 11.7 Å². The van der Waals surface area contributed by atoms with Gasteiger partial charge in [-0.05, 0) is 48.7 Å². The van der Waals surface area contributed by atoms with Crippen molar-refractivity contribution in [1.82, 2.24) is 9.97 Å². The molecule has 43 heavy (non-hydrogen) atoms. The Labute approximate surface area is 254 Å². The second kappa shape index (κ2) is 13.4. The Balaban J connectivity index is 1.28. The molecule has 2 aliphatic rings. The third-order valence-corrected chi connectivity index (χ3v) is 7.66. The second-order valence-corrected chi connectivity index (χ2v) is 11.0. The molecule has 11 nitrogen and oxygen atoms in total. The molecule has 2 saturated heterocycles. The van der Waals surface area contributed by atoms with Crippen molar-refractivity contribution in [2.75, 3.05) is 64.5 Å². The molecule has 228 valence electrons. The highest BCUT2D eigenvalue weighted by molar-refractivity contribution is 6.29. The lowest BCUT2D eigenvalue weighted by molar-refractivity contribution is -0.113. The zero-order valence-corrected chi connectivity index (χ0v) is 25.0. The van der Waals surface area contributed by atoms with E-state index in [4.69, 9.17) is 21.1 Å². The van der Waals surface area contributed by atoms with Crippen LogP contribution in [0.15, 0.2) is 48.7 Å². The predicted octanol–water partition coefficient (Wildman–Crippen LogP) is 5.53. The van der Waals surface area contributed by atoms with Crippen molar-refractivity contribution in [2.45, 2.75) is 32.9 Å². The van der Waals surface area contributed by atoms with Crippen LogP contribution in [-0.4, -0.2) is 66.8 Å². The number of amides is 2. The average Bonchev–Trinajstić information content (AvgIpc) is 3.40. The van der Waals surface area contributed by atoms with Gasteiger partial charge in [0.25, 0.3) is 0 Å². The molecule has 3 heterocycles. The fourth-order valence-electron chi connectivity index (χ4n) is 5.03. The van der Waals surface area contributed by atoms with Crippen molar-refractivity contribution in [3.05, 3.63) is 60.0 Å². The molecule has 2 aromatic carbocycles. The molecule has 13 heteroatoms. The van der Waals surface area contributed by atoms with Crippen LogP contribution in [0.25, 0.3) is 0 Å². The Morgan fingerprint density at radius 2 is 1.84 bits per heavy atom. The van der Waals surface area contributed by atoms with E-state index in [0.717, 1.165) is 28.8 Å². The van der Waals surface area contributed by atoms with E-state index in [2.05, 4.69) is 30.8 Å². The number of hydrogen-bond acceptors (Lipinski definition) is 9. The molecular weight excluding hydrogens is 577 g/mol. The first kappa shape index (κ1) is 30.3. The quantitative estimate of drug-likeness (QED) is 0.254. The highest BCUT2D eigenvalue weighted by Gasteiger charge is 2.39. The second-order valence-electron chi connectivity index (χ2n) is 10.7. The molecule has 0 unspecified atom stereocenters. The van der Waals surface area contributed by atoms with Gasteiger partial charge in [0.05, 0.1) is 42.9 Å². The maximum Gasteiger partial charge on any atom is 0.416 e. The van der Waals surface area contributed by atoms with E-state index in [1.54, 1.807) is 0 Å². The molecule has 2 fully saturated rings. The number of morpholine rings is 1. The third kappa shape index (κ3) is 7.08. The first-order valence-corrected chi connectivity index (χ1v) is 14.7. The Morgan fingerprint density at radius 3 is 2.53 bits per heavy atom. The normalized spacial score (nSPS) is 17.5. The smallest absolute Gasteiger partial charge is 0.416 e. The van der Waals surface area contributed by atoms with Gasteiger partial charge in [-0.25, -0.2) is 14.2 Å². The molecule has 0 bridgehead atoms. The van der Waals surface area contributed by atoms with Gasteiger partial charge in [-0.2, -0.15) is 4.98 Å². The van der Waals surface area contributed by atoms with E-state index >= 15 is 0 Å². The van der Waals surface area contributed by atoms with Gasteiger partial charge in [-0.15, -0.1) is 11.6 Å². The van der Waals surface area contributed by atoms with Crippen LogP contribution in [0.1, 0.15) is 32.4 Å². The van der Waals surface area contributed by atoms with E-state index in [0.29, 0.717) is 32.0 Å². The van der Waals surface area contributed by atoms with Gasteiger partial charge >= 0.3 is 6.09 Å². The van der Waals surface area contributed by atoms with Gasteiger partial charge < -0.3 is 30.3 Å². The van der Waals surface area contributed by atoms with Gasteiger partial charge in [-0.1, -0.05) is 26.0 Å². The molecule has 2 aliphatic heterocycles. The fraction of sp³-hybridized carbons (Fsp3) is 0.400. The first-order valence-electron chi connectivity index (χ1n) is 14.2. The zero-order chi connectivity index (χ0) is 30.5. The molecule has 3 N–H and O–H groups in total. The van der Waals surface area contributed by atoms with Crippen LogP contribution < -0.4 is 25.8 Å². The number of hydrogen-bond donors (Lipinski definition) is 3. The van der Waals surface area contributed by atoms with Crippen molar-refractivity contribution >= 4 is 58.1 Å². The summed E-state index contributed by atoms with van der Waals surface area (Å²) in [6, 6.07) is 13.1. The molecule has 3 aromatic rings. The molecule has 5 rings (SSSR count). The van der Waals surface area contributed by atoms with Crippen LogP contribution in [0.4, 0.5) is 43.7 Å². The standard InChI is InChI=1S/C30H35ClFN7O4/c1-18(2)26-17-43-30(41)39(26)28-23(32)16-33-29(37-28)34-19(3)20-4-6-21(7-5-20)35-22-8-9-24(36-27(40)15-31)25(14-22)38-10-12-42-13-11-38/h4-9,14,16,18-19,26,35H,10-13,15,17H2,1-3H3,(H,36,40)(H,33,34,37)/t19-,26+/m0/s1. The van der Waals surface area contributed by atoms with Crippen molar-refractivity contribution in [3.8, 4) is 0 Å². The third-order valence-electron chi connectivity index (χ3n) is 7.42. The summed E-state index contributed by atoms with van der Waals surface area (Å²) in [5, 5.41) is 9.50. The van der Waals surface area contributed by atoms with Crippen LogP contribution >= 0.6 is 11.6 Å². The molecule has 1 aromatic heterocycles. The highest BCUT2D eigenvalue weighted by Crippen LogP contribution is 2.33. The number of halogens is 2. The lowest BCUT2D eigenvalue weighted by Crippen LogP contribution is -2.38. The lowest BCUT2D eigenvalue weighted by Gasteiger charge is -2.31. The molecule has 2 amide bonds. The van der Waals surface area contributed by atoms with Crippen LogP contribution in [-0.2, 0) is 14.3 Å². The van der Waals surface area contributed by atoms with Gasteiger partial charge in [0.2, 0.25) is 11.9 Å². The Morgan fingerprint density at radius 1 is 1.12 bits per heavy atom. The SMILES string of the molecule is CC(C)[C@H]1COC(=O)N1c1nc(N[C@@H](C)c2ccc(Nc3ccc(NC(=O)CCl)c(N4CCOCC4)c3)cc2)ncc1F. The van der Waals surface area contributed by atoms with Crippen LogP contribution in [0.2, 0.25) is 0 Å². The maximum atomic E-state index is 14.7. The highest BCUT2D eigenvalue weighted by atomic mass is 35.5. The molecule has 0 aliphatic carbocycles. The zero-order valence-electron chi connectivity index (χ0n) is 24.3. The Bertz CT molecular complexity index is 1450. The summed E-state index contributed by atoms with van der Waals surface area (Å²) in [4.78, 5) is 36.2. The number of ether oxygens (including phenoxy) is 2. The number of nitrogens with one attached hydrogen (secondary N) is 3. The van der Waals surface area contributed by atoms with E-state index in [1.807, 2.05) is 63.2 Å². The summed E-state index contributed by atoms with van der Waals surface area (Å²) in [6.07, 6.45) is 0.440. The van der Waals surface area contributed by atoms with E-state index in [9.17, 15) is 14.0 Å². The Kier molecular flexibility index (Phi) is 9.46. The number of anilines is 6. The number of nitrogens with zero attached hydrogens (tertiary/aromatic N) is 4. The number of benzene rings is 2. The first-order chi connectivity index (χ1) is 20.7.